The number of hydrogen-bond donors (Lipinski definition) is 2. The van der Waals surface area contributed by atoms with E-state index in [1.807, 2.05) is 25.1 Å². The Morgan fingerprint density at radius 3 is 2.46 bits per heavy atom. The monoisotopic (exact) mass is 593 g/mol. The van der Waals surface area contributed by atoms with Crippen LogP contribution < -0.4 is 10.6 Å². The lowest BCUT2D eigenvalue weighted by Crippen LogP contribution is -2.27. The Hall–Kier alpha value is -3.54. The van der Waals surface area contributed by atoms with E-state index in [-0.39, 0.29) is 29.1 Å². The Labute approximate surface area is 235 Å². The molecule has 1 heterocycles. The number of alkyl halides is 3. The quantitative estimate of drug-likeness (QED) is 0.226. The van der Waals surface area contributed by atoms with Crippen molar-refractivity contribution in [2.45, 2.75) is 24.8 Å². The SMILES string of the molecule is Cc1cccc(NC(=O)CSc2nnc(CNC(=O)c3ccccc3C(F)(F)F)n2-c2ccc(Cl)c(Cl)c2)c1. The zero-order chi connectivity index (χ0) is 28.2. The summed E-state index contributed by atoms with van der Waals surface area (Å²) in [6.45, 7) is 1.65. The Balaban J connectivity index is 1.56. The molecule has 202 valence electrons. The number of amides is 2. The number of hydrogen-bond acceptors (Lipinski definition) is 5. The molecule has 2 amide bonds. The minimum absolute atomic E-state index is 0.0152. The van der Waals surface area contributed by atoms with Crippen molar-refractivity contribution in [3.05, 3.63) is 99.3 Å². The van der Waals surface area contributed by atoms with Gasteiger partial charge in [-0.1, -0.05) is 59.2 Å². The lowest BCUT2D eigenvalue weighted by Gasteiger charge is -2.14. The summed E-state index contributed by atoms with van der Waals surface area (Å²) in [6.07, 6.45) is -4.70. The molecule has 0 aliphatic carbocycles. The molecule has 0 atom stereocenters. The van der Waals surface area contributed by atoms with Gasteiger partial charge in [-0.3, -0.25) is 14.2 Å². The summed E-state index contributed by atoms with van der Waals surface area (Å²) in [5.41, 5.74) is 0.548. The van der Waals surface area contributed by atoms with Gasteiger partial charge in [-0.25, -0.2) is 0 Å². The largest absolute Gasteiger partial charge is 0.417 e. The summed E-state index contributed by atoms with van der Waals surface area (Å²) >= 11 is 13.3. The average Bonchev–Trinajstić information content (AvgIpc) is 3.30. The number of benzene rings is 3. The first-order valence-electron chi connectivity index (χ1n) is 11.4. The molecule has 2 N–H and O–H groups in total. The van der Waals surface area contributed by atoms with Gasteiger partial charge in [0.25, 0.3) is 5.91 Å². The maximum absolute atomic E-state index is 13.4. The molecule has 0 spiro atoms. The molecule has 0 saturated heterocycles. The van der Waals surface area contributed by atoms with Gasteiger partial charge in [-0.2, -0.15) is 13.2 Å². The van der Waals surface area contributed by atoms with Gasteiger partial charge in [0.05, 0.1) is 39.2 Å². The molecule has 0 saturated carbocycles. The number of aromatic nitrogens is 3. The standard InChI is InChI=1S/C26H20Cl2F3N5O2S/c1-15-5-4-6-16(11-15)33-23(37)14-39-25-35-34-22(36(25)17-9-10-20(27)21(28)12-17)13-32-24(38)18-7-2-3-8-19(18)26(29,30)31/h2-12H,13-14H2,1H3,(H,32,38)(H,33,37). The molecule has 0 aliphatic heterocycles. The van der Waals surface area contributed by atoms with Crippen molar-refractivity contribution in [2.24, 2.45) is 0 Å². The van der Waals surface area contributed by atoms with E-state index in [9.17, 15) is 22.8 Å². The summed E-state index contributed by atoms with van der Waals surface area (Å²) in [7, 11) is 0. The van der Waals surface area contributed by atoms with Gasteiger partial charge in [0, 0.05) is 5.69 Å². The fourth-order valence-corrected chi connectivity index (χ4v) is 4.69. The minimum Gasteiger partial charge on any atom is -0.345 e. The van der Waals surface area contributed by atoms with Crippen LogP contribution in [0.1, 0.15) is 27.3 Å². The molecular formula is C26H20Cl2F3N5O2S. The molecular weight excluding hydrogens is 574 g/mol. The summed E-state index contributed by atoms with van der Waals surface area (Å²) < 4.78 is 41.7. The van der Waals surface area contributed by atoms with Crippen LogP contribution in [0.15, 0.2) is 71.9 Å². The van der Waals surface area contributed by atoms with Crippen LogP contribution in [-0.2, 0) is 17.5 Å². The van der Waals surface area contributed by atoms with Crippen molar-refractivity contribution in [2.75, 3.05) is 11.1 Å². The van der Waals surface area contributed by atoms with Crippen molar-refractivity contribution in [3.63, 3.8) is 0 Å². The zero-order valence-corrected chi connectivity index (χ0v) is 22.5. The van der Waals surface area contributed by atoms with Gasteiger partial charge in [-0.15, -0.1) is 10.2 Å². The zero-order valence-electron chi connectivity index (χ0n) is 20.2. The van der Waals surface area contributed by atoms with E-state index >= 15 is 0 Å². The number of thioether (sulfide) groups is 1. The number of anilines is 1. The van der Waals surface area contributed by atoms with E-state index in [2.05, 4.69) is 20.8 Å². The van der Waals surface area contributed by atoms with E-state index in [1.54, 1.807) is 28.8 Å². The number of nitrogens with zero attached hydrogens (tertiary/aromatic N) is 3. The fraction of sp³-hybridized carbons (Fsp3) is 0.154. The number of carbonyl (C=O) groups is 2. The van der Waals surface area contributed by atoms with E-state index < -0.39 is 23.2 Å². The Morgan fingerprint density at radius 2 is 1.74 bits per heavy atom. The first-order chi connectivity index (χ1) is 18.5. The van der Waals surface area contributed by atoms with Gasteiger partial charge in [-0.05, 0) is 55.0 Å². The predicted molar refractivity (Wildman–Crippen MR) is 145 cm³/mol. The number of carbonyl (C=O) groups excluding carboxylic acids is 2. The fourth-order valence-electron chi connectivity index (χ4n) is 3.62. The Kier molecular flexibility index (Phi) is 8.83. The summed E-state index contributed by atoms with van der Waals surface area (Å²) in [5.74, 6) is -1.03. The normalized spacial score (nSPS) is 11.3. The number of halogens is 5. The van der Waals surface area contributed by atoms with Crippen LogP contribution in [0.4, 0.5) is 18.9 Å². The minimum atomic E-state index is -4.70. The summed E-state index contributed by atoms with van der Waals surface area (Å²) in [5, 5.41) is 14.4. The topological polar surface area (TPSA) is 88.9 Å². The second-order valence-corrected chi connectivity index (χ2v) is 10.0. The molecule has 13 heteroatoms. The molecule has 7 nitrogen and oxygen atoms in total. The Bertz CT molecular complexity index is 1530. The maximum Gasteiger partial charge on any atom is 0.417 e. The highest BCUT2D eigenvalue weighted by Gasteiger charge is 2.34. The molecule has 0 unspecified atom stereocenters. The molecule has 39 heavy (non-hydrogen) atoms. The second kappa shape index (κ2) is 12.1. The van der Waals surface area contributed by atoms with Crippen LogP contribution in [0.3, 0.4) is 0 Å². The Morgan fingerprint density at radius 1 is 0.974 bits per heavy atom. The molecule has 0 radical (unpaired) electrons. The van der Waals surface area contributed by atoms with E-state index in [0.717, 1.165) is 29.5 Å². The van der Waals surface area contributed by atoms with Crippen LogP contribution in [-0.4, -0.2) is 32.3 Å². The summed E-state index contributed by atoms with van der Waals surface area (Å²) in [4.78, 5) is 25.2. The van der Waals surface area contributed by atoms with Crippen LogP contribution in [0.25, 0.3) is 5.69 Å². The molecule has 0 fully saturated rings. The smallest absolute Gasteiger partial charge is 0.345 e. The highest BCUT2D eigenvalue weighted by molar-refractivity contribution is 7.99. The van der Waals surface area contributed by atoms with Crippen LogP contribution in [0.5, 0.6) is 0 Å². The average molecular weight is 594 g/mol. The van der Waals surface area contributed by atoms with Crippen LogP contribution in [0.2, 0.25) is 10.0 Å². The summed E-state index contributed by atoms with van der Waals surface area (Å²) in [6, 6.07) is 16.6. The van der Waals surface area contributed by atoms with Crippen LogP contribution >= 0.6 is 35.0 Å². The first-order valence-corrected chi connectivity index (χ1v) is 13.1. The van der Waals surface area contributed by atoms with E-state index in [0.29, 0.717) is 21.6 Å². The van der Waals surface area contributed by atoms with Crippen molar-refractivity contribution in [3.8, 4) is 5.69 Å². The van der Waals surface area contributed by atoms with Gasteiger partial charge < -0.3 is 10.6 Å². The third-order valence-electron chi connectivity index (χ3n) is 5.38. The molecule has 3 aromatic carbocycles. The van der Waals surface area contributed by atoms with Crippen molar-refractivity contribution >= 4 is 52.5 Å². The maximum atomic E-state index is 13.4. The van der Waals surface area contributed by atoms with Crippen molar-refractivity contribution in [1.29, 1.82) is 0 Å². The molecule has 1 aromatic heterocycles. The number of nitrogens with one attached hydrogen (secondary N) is 2. The van der Waals surface area contributed by atoms with Crippen molar-refractivity contribution in [1.82, 2.24) is 20.1 Å². The van der Waals surface area contributed by atoms with Crippen molar-refractivity contribution < 1.29 is 22.8 Å². The highest BCUT2D eigenvalue weighted by Crippen LogP contribution is 2.32. The number of rotatable bonds is 8. The first kappa shape index (κ1) is 28.5. The van der Waals surface area contributed by atoms with Gasteiger partial charge in [0.1, 0.15) is 0 Å². The van der Waals surface area contributed by atoms with Gasteiger partial charge in [0.2, 0.25) is 5.91 Å². The molecule has 0 bridgehead atoms. The third-order valence-corrected chi connectivity index (χ3v) is 7.05. The van der Waals surface area contributed by atoms with Gasteiger partial charge in [0.15, 0.2) is 11.0 Å². The lowest BCUT2D eigenvalue weighted by molar-refractivity contribution is -0.138. The molecule has 0 aliphatic rings. The van der Waals surface area contributed by atoms with Crippen LogP contribution in [0, 0.1) is 6.92 Å². The highest BCUT2D eigenvalue weighted by atomic mass is 35.5. The predicted octanol–water partition coefficient (Wildman–Crippen LogP) is 6.56. The molecule has 4 rings (SSSR count). The molecule has 4 aromatic rings. The van der Waals surface area contributed by atoms with E-state index in [4.69, 9.17) is 23.2 Å². The number of aryl methyl sites for hydroxylation is 1. The lowest BCUT2D eigenvalue weighted by atomic mass is 10.1. The van der Waals surface area contributed by atoms with Gasteiger partial charge >= 0.3 is 6.18 Å². The van der Waals surface area contributed by atoms with E-state index in [1.165, 1.54) is 12.1 Å². The second-order valence-electron chi connectivity index (χ2n) is 8.26. The third kappa shape index (κ3) is 7.11.